The largest absolute Gasteiger partial charge is 0.462 e. The van der Waals surface area contributed by atoms with Crippen molar-refractivity contribution in [3.63, 3.8) is 0 Å². The summed E-state index contributed by atoms with van der Waals surface area (Å²) in [6, 6.07) is 0. The molecule has 0 aromatic carbocycles. The molecule has 0 aliphatic rings. The van der Waals surface area contributed by atoms with Crippen LogP contribution in [0.3, 0.4) is 0 Å². The van der Waals surface area contributed by atoms with Crippen molar-refractivity contribution in [2.45, 2.75) is 149 Å². The molecular formula is C35H66N2O5S. The van der Waals surface area contributed by atoms with Crippen molar-refractivity contribution >= 4 is 28.9 Å². The van der Waals surface area contributed by atoms with E-state index in [0.717, 1.165) is 38.6 Å². The summed E-state index contributed by atoms with van der Waals surface area (Å²) in [7, 11) is 3.98. The van der Waals surface area contributed by atoms with Crippen molar-refractivity contribution in [1.82, 2.24) is 9.80 Å². The van der Waals surface area contributed by atoms with Gasteiger partial charge in [0.2, 0.25) is 0 Å². The van der Waals surface area contributed by atoms with Crippen molar-refractivity contribution < 1.29 is 23.9 Å². The molecule has 252 valence electrons. The fourth-order valence-corrected chi connectivity index (χ4v) is 5.72. The van der Waals surface area contributed by atoms with Crippen LogP contribution < -0.4 is 0 Å². The Bertz CT molecular complexity index is 704. The molecule has 43 heavy (non-hydrogen) atoms. The Morgan fingerprint density at radius 1 is 0.674 bits per heavy atom. The average Bonchev–Trinajstić information content (AvgIpc) is 2.97. The minimum Gasteiger partial charge on any atom is -0.462 e. The highest BCUT2D eigenvalue weighted by Gasteiger charge is 2.18. The van der Waals surface area contributed by atoms with Crippen LogP contribution in [-0.4, -0.2) is 79.2 Å². The van der Waals surface area contributed by atoms with E-state index in [2.05, 4.69) is 31.7 Å². The van der Waals surface area contributed by atoms with E-state index in [1.165, 1.54) is 76.0 Å². The normalized spacial score (nSPS) is 11.5. The van der Waals surface area contributed by atoms with Crippen LogP contribution in [-0.2, 0) is 19.1 Å². The smallest absolute Gasteiger partial charge is 0.306 e. The predicted octanol–water partition coefficient (Wildman–Crippen LogP) is 9.19. The van der Waals surface area contributed by atoms with E-state index in [4.69, 9.17) is 9.47 Å². The van der Waals surface area contributed by atoms with Crippen molar-refractivity contribution in [2.24, 2.45) is 0 Å². The molecule has 0 atom stereocenters. The first kappa shape index (κ1) is 41.5. The highest BCUT2D eigenvalue weighted by molar-refractivity contribution is 8.13. The van der Waals surface area contributed by atoms with Crippen LogP contribution in [0.2, 0.25) is 0 Å². The number of carbonyl (C=O) groups excluding carboxylic acids is 3. The molecule has 8 heteroatoms. The maximum absolute atomic E-state index is 13.0. The number of hydrogen-bond acceptors (Lipinski definition) is 7. The number of rotatable bonds is 29. The summed E-state index contributed by atoms with van der Waals surface area (Å²) in [6.07, 6.45) is 22.9. The van der Waals surface area contributed by atoms with Gasteiger partial charge in [-0.05, 0) is 65.5 Å². The topological polar surface area (TPSA) is 76.1 Å². The first-order chi connectivity index (χ1) is 20.8. The number of nitrogens with zero attached hydrogens (tertiary/aromatic N) is 2. The molecule has 0 spiro atoms. The van der Waals surface area contributed by atoms with Gasteiger partial charge in [-0.3, -0.25) is 14.4 Å². The van der Waals surface area contributed by atoms with Gasteiger partial charge in [0.05, 0.1) is 0 Å². The third-order valence-corrected chi connectivity index (χ3v) is 8.32. The fraction of sp³-hybridized carbons (Fsp3) is 0.857. The lowest BCUT2D eigenvalue weighted by Gasteiger charge is -2.23. The first-order valence-corrected chi connectivity index (χ1v) is 18.4. The second-order valence-corrected chi connectivity index (χ2v) is 13.0. The number of esters is 2. The molecular weight excluding hydrogens is 560 g/mol. The molecule has 0 radical (unpaired) electrons. The van der Waals surface area contributed by atoms with Crippen molar-refractivity contribution in [3.8, 4) is 0 Å². The number of thioether (sulfide) groups is 1. The second-order valence-electron chi connectivity index (χ2n) is 11.9. The standard InChI is InChI=1S/C35H66N2O5S/c1-6-9-12-15-16-17-20-30-41-33(38)25-21-27-37(35(40)43-31-29-36(4)5)28-22-26-34(39)42-32(23-18-13-10-7-2)24-19-14-11-8-3/h17,20,32H,6-16,18-19,21-31H2,1-5H3/b20-17-. The molecule has 0 rings (SSSR count). The molecule has 0 aromatic rings. The van der Waals surface area contributed by atoms with E-state index in [1.54, 1.807) is 4.90 Å². The molecule has 0 unspecified atom stereocenters. The number of hydrogen-bond donors (Lipinski definition) is 0. The zero-order valence-electron chi connectivity index (χ0n) is 28.5. The Hall–Kier alpha value is -1.54. The van der Waals surface area contributed by atoms with Gasteiger partial charge >= 0.3 is 11.9 Å². The van der Waals surface area contributed by atoms with E-state index in [9.17, 15) is 14.4 Å². The maximum atomic E-state index is 13.0. The molecule has 0 aliphatic heterocycles. The minimum atomic E-state index is -0.240. The predicted molar refractivity (Wildman–Crippen MR) is 183 cm³/mol. The Morgan fingerprint density at radius 3 is 1.79 bits per heavy atom. The Balaban J connectivity index is 4.67. The third kappa shape index (κ3) is 27.7. The summed E-state index contributed by atoms with van der Waals surface area (Å²) in [5.41, 5.74) is 0. The summed E-state index contributed by atoms with van der Waals surface area (Å²) >= 11 is 1.30. The van der Waals surface area contributed by atoms with E-state index in [-0.39, 0.29) is 29.7 Å². The van der Waals surface area contributed by atoms with Gasteiger partial charge in [-0.1, -0.05) is 102 Å². The van der Waals surface area contributed by atoms with Crippen LogP contribution in [0.4, 0.5) is 4.79 Å². The van der Waals surface area contributed by atoms with Crippen LogP contribution in [0, 0.1) is 0 Å². The molecule has 0 saturated heterocycles. The van der Waals surface area contributed by atoms with Crippen LogP contribution >= 0.6 is 11.8 Å². The highest BCUT2D eigenvalue weighted by atomic mass is 32.2. The van der Waals surface area contributed by atoms with Gasteiger partial charge in [-0.15, -0.1) is 0 Å². The van der Waals surface area contributed by atoms with Crippen molar-refractivity contribution in [1.29, 1.82) is 0 Å². The molecule has 0 N–H and O–H groups in total. The van der Waals surface area contributed by atoms with Gasteiger partial charge in [-0.2, -0.15) is 0 Å². The van der Waals surface area contributed by atoms with Gasteiger partial charge in [0.15, 0.2) is 0 Å². The molecule has 1 amide bonds. The summed E-state index contributed by atoms with van der Waals surface area (Å²) < 4.78 is 11.3. The lowest BCUT2D eigenvalue weighted by atomic mass is 10.0. The number of unbranched alkanes of at least 4 members (excludes halogenated alkanes) is 10. The molecule has 7 nitrogen and oxygen atoms in total. The minimum absolute atomic E-state index is 0.000633. The van der Waals surface area contributed by atoms with Crippen LogP contribution in [0.15, 0.2) is 12.2 Å². The Kier molecular flexibility index (Phi) is 29.4. The number of amides is 1. The molecule has 0 saturated carbocycles. The van der Waals surface area contributed by atoms with E-state index in [1.807, 2.05) is 20.2 Å². The van der Waals surface area contributed by atoms with Gasteiger partial charge in [0.1, 0.15) is 12.7 Å². The summed E-state index contributed by atoms with van der Waals surface area (Å²) in [6.45, 7) is 8.69. The Morgan fingerprint density at radius 2 is 1.23 bits per heavy atom. The zero-order chi connectivity index (χ0) is 32.0. The monoisotopic (exact) mass is 626 g/mol. The van der Waals surface area contributed by atoms with Crippen molar-refractivity contribution in [3.05, 3.63) is 12.2 Å². The van der Waals surface area contributed by atoms with Gasteiger partial charge in [-0.25, -0.2) is 0 Å². The van der Waals surface area contributed by atoms with Gasteiger partial charge in [0.25, 0.3) is 5.24 Å². The highest BCUT2D eigenvalue weighted by Crippen LogP contribution is 2.17. The zero-order valence-corrected chi connectivity index (χ0v) is 29.4. The first-order valence-electron chi connectivity index (χ1n) is 17.4. The van der Waals surface area contributed by atoms with Crippen LogP contribution in [0.5, 0.6) is 0 Å². The van der Waals surface area contributed by atoms with Crippen LogP contribution in [0.1, 0.15) is 143 Å². The fourth-order valence-electron chi connectivity index (χ4n) is 4.72. The van der Waals surface area contributed by atoms with E-state index in [0.29, 0.717) is 44.7 Å². The summed E-state index contributed by atoms with van der Waals surface area (Å²) in [4.78, 5) is 41.8. The second kappa shape index (κ2) is 30.5. The van der Waals surface area contributed by atoms with E-state index < -0.39 is 0 Å². The third-order valence-electron chi connectivity index (χ3n) is 7.43. The lowest BCUT2D eigenvalue weighted by molar-refractivity contribution is -0.150. The van der Waals surface area contributed by atoms with Crippen molar-refractivity contribution in [2.75, 3.05) is 46.1 Å². The average molecular weight is 627 g/mol. The maximum Gasteiger partial charge on any atom is 0.306 e. The summed E-state index contributed by atoms with van der Waals surface area (Å²) in [5.74, 6) is 0.302. The van der Waals surface area contributed by atoms with Crippen LogP contribution in [0.25, 0.3) is 0 Å². The lowest BCUT2D eigenvalue weighted by Crippen LogP contribution is -2.31. The number of ether oxygens (including phenoxy) is 2. The molecule has 0 heterocycles. The Labute approximate surface area is 269 Å². The molecule has 0 bridgehead atoms. The SMILES string of the molecule is CCCCCC/C=C\COC(=O)CCCN(CCCC(=O)OC(CCCCCC)CCCCCC)C(=O)SCCN(C)C. The van der Waals surface area contributed by atoms with Gasteiger partial charge in [0, 0.05) is 38.2 Å². The summed E-state index contributed by atoms with van der Waals surface area (Å²) in [5, 5.41) is -0.000633. The molecule has 0 aromatic heterocycles. The molecule has 0 fully saturated rings. The quantitative estimate of drug-likeness (QED) is 0.0465. The molecule has 0 aliphatic carbocycles. The van der Waals surface area contributed by atoms with E-state index >= 15 is 0 Å². The van der Waals surface area contributed by atoms with Gasteiger partial charge < -0.3 is 19.3 Å². The number of allylic oxidation sites excluding steroid dienone is 1. The number of carbonyl (C=O) groups is 3.